The molecule has 4 aromatic rings. The zero-order chi connectivity index (χ0) is 18.5. The Labute approximate surface area is 155 Å². The average molecular weight is 362 g/mol. The van der Waals surface area contributed by atoms with Gasteiger partial charge in [-0.1, -0.05) is 6.07 Å². The Kier molecular flexibility index (Phi) is 4.73. The Morgan fingerprint density at radius 1 is 1.07 bits per heavy atom. The maximum absolute atomic E-state index is 5.19. The number of pyridine rings is 1. The monoisotopic (exact) mass is 362 g/mol. The smallest absolute Gasteiger partial charge is 0.322 e. The maximum atomic E-state index is 5.19. The highest BCUT2D eigenvalue weighted by Crippen LogP contribution is 2.20. The molecule has 3 heterocycles. The molecule has 27 heavy (non-hydrogen) atoms. The van der Waals surface area contributed by atoms with Gasteiger partial charge in [0.25, 0.3) is 0 Å². The number of ether oxygens (including phenoxy) is 1. The summed E-state index contributed by atoms with van der Waals surface area (Å²) in [6.07, 6.45) is 4.30. The molecule has 0 unspecified atom stereocenters. The molecule has 0 amide bonds. The summed E-state index contributed by atoms with van der Waals surface area (Å²) in [4.78, 5) is 17.2. The van der Waals surface area contributed by atoms with Gasteiger partial charge in [-0.05, 0) is 30.3 Å². The van der Waals surface area contributed by atoms with Crippen LogP contribution in [0.4, 0.5) is 17.6 Å². The third-order valence-corrected chi connectivity index (χ3v) is 3.88. The van der Waals surface area contributed by atoms with Crippen molar-refractivity contribution in [3.05, 3.63) is 54.5 Å². The van der Waals surface area contributed by atoms with E-state index in [-0.39, 0.29) is 6.01 Å². The van der Waals surface area contributed by atoms with Gasteiger partial charge in [-0.15, -0.1) is 0 Å². The summed E-state index contributed by atoms with van der Waals surface area (Å²) in [7, 11) is 1.52. The van der Waals surface area contributed by atoms with Gasteiger partial charge in [0.1, 0.15) is 0 Å². The molecule has 0 fully saturated rings. The number of H-pyrrole nitrogens is 1. The van der Waals surface area contributed by atoms with Crippen molar-refractivity contribution in [2.45, 2.75) is 6.42 Å². The summed E-state index contributed by atoms with van der Waals surface area (Å²) in [5.41, 5.74) is 2.81. The van der Waals surface area contributed by atoms with Crippen molar-refractivity contribution in [3.8, 4) is 6.01 Å². The lowest BCUT2D eigenvalue weighted by Gasteiger charge is -2.09. The molecule has 0 radical (unpaired) electrons. The van der Waals surface area contributed by atoms with E-state index in [2.05, 4.69) is 40.8 Å². The molecule has 0 aliphatic rings. The molecule has 0 saturated carbocycles. The minimum atomic E-state index is 0.234. The van der Waals surface area contributed by atoms with E-state index < -0.39 is 0 Å². The second-order valence-electron chi connectivity index (χ2n) is 5.76. The van der Waals surface area contributed by atoms with Gasteiger partial charge in [-0.3, -0.25) is 10.1 Å². The molecule has 1 aromatic carbocycles. The van der Waals surface area contributed by atoms with Crippen molar-refractivity contribution in [2.24, 2.45) is 0 Å². The van der Waals surface area contributed by atoms with Crippen molar-refractivity contribution < 1.29 is 4.74 Å². The molecular weight excluding hydrogens is 344 g/mol. The van der Waals surface area contributed by atoms with E-state index in [1.54, 1.807) is 12.4 Å². The fraction of sp³-hybridized carbons (Fsp3) is 0.167. The summed E-state index contributed by atoms with van der Waals surface area (Å²) in [6.45, 7) is 0.643. The third-order valence-electron chi connectivity index (χ3n) is 3.88. The summed E-state index contributed by atoms with van der Waals surface area (Å²) in [5.74, 6) is 0.828. The fourth-order valence-corrected chi connectivity index (χ4v) is 2.58. The first-order valence-electron chi connectivity index (χ1n) is 8.44. The molecule has 3 aromatic heterocycles. The summed E-state index contributed by atoms with van der Waals surface area (Å²) in [6, 6.07) is 11.9. The highest BCUT2D eigenvalue weighted by Gasteiger charge is 2.08. The number of aromatic amines is 1. The van der Waals surface area contributed by atoms with E-state index in [1.165, 1.54) is 7.11 Å². The molecule has 9 heteroatoms. The number of benzene rings is 1. The van der Waals surface area contributed by atoms with Crippen LogP contribution in [0, 0.1) is 0 Å². The van der Waals surface area contributed by atoms with Crippen LogP contribution < -0.4 is 15.4 Å². The summed E-state index contributed by atoms with van der Waals surface area (Å²) >= 11 is 0. The van der Waals surface area contributed by atoms with Crippen LogP contribution in [0.2, 0.25) is 0 Å². The van der Waals surface area contributed by atoms with E-state index in [9.17, 15) is 0 Å². The van der Waals surface area contributed by atoms with Crippen LogP contribution in [0.5, 0.6) is 6.01 Å². The Bertz CT molecular complexity index is 1030. The number of hydrogen-bond acceptors (Lipinski definition) is 8. The van der Waals surface area contributed by atoms with Crippen LogP contribution in [0.1, 0.15) is 5.69 Å². The van der Waals surface area contributed by atoms with Crippen LogP contribution in [0.3, 0.4) is 0 Å². The quantitative estimate of drug-likeness (QED) is 0.460. The zero-order valence-corrected chi connectivity index (χ0v) is 14.7. The summed E-state index contributed by atoms with van der Waals surface area (Å²) < 4.78 is 5.19. The lowest BCUT2D eigenvalue weighted by Crippen LogP contribution is -2.11. The van der Waals surface area contributed by atoms with Crippen LogP contribution >= 0.6 is 0 Å². The van der Waals surface area contributed by atoms with Crippen molar-refractivity contribution in [1.29, 1.82) is 0 Å². The minimum absolute atomic E-state index is 0.234. The van der Waals surface area contributed by atoms with E-state index in [0.29, 0.717) is 18.4 Å². The number of fused-ring (bicyclic) bond motifs is 1. The first kappa shape index (κ1) is 16.7. The SMILES string of the molecule is COc1nc(NCCc2ccccn2)nc(Nc2ccc3[nH]ncc3c2)n1. The van der Waals surface area contributed by atoms with Gasteiger partial charge in [0.05, 0.1) is 18.8 Å². The van der Waals surface area contributed by atoms with Gasteiger partial charge >= 0.3 is 6.01 Å². The molecule has 0 atom stereocenters. The van der Waals surface area contributed by atoms with Gasteiger partial charge < -0.3 is 15.4 Å². The molecule has 9 nitrogen and oxygen atoms in total. The first-order valence-corrected chi connectivity index (χ1v) is 8.44. The fourth-order valence-electron chi connectivity index (χ4n) is 2.58. The van der Waals surface area contributed by atoms with Gasteiger partial charge in [0, 0.05) is 35.9 Å². The van der Waals surface area contributed by atoms with Crippen molar-refractivity contribution in [1.82, 2.24) is 30.1 Å². The molecule has 0 aliphatic carbocycles. The molecule has 0 spiro atoms. The first-order chi connectivity index (χ1) is 13.3. The second-order valence-corrected chi connectivity index (χ2v) is 5.76. The molecule has 3 N–H and O–H groups in total. The zero-order valence-electron chi connectivity index (χ0n) is 14.7. The number of nitrogens with zero attached hydrogens (tertiary/aromatic N) is 5. The van der Waals surface area contributed by atoms with Gasteiger partial charge in [-0.25, -0.2) is 0 Å². The molecule has 136 valence electrons. The molecular formula is C18H18N8O. The molecule has 0 saturated heterocycles. The Morgan fingerprint density at radius 2 is 2.00 bits per heavy atom. The van der Waals surface area contributed by atoms with Crippen LogP contribution in [0.25, 0.3) is 10.9 Å². The number of aromatic nitrogens is 6. The minimum Gasteiger partial charge on any atom is -0.467 e. The number of nitrogens with one attached hydrogen (secondary N) is 3. The van der Waals surface area contributed by atoms with E-state index in [4.69, 9.17) is 4.74 Å². The third kappa shape index (κ3) is 4.09. The van der Waals surface area contributed by atoms with Gasteiger partial charge in [0.15, 0.2) is 0 Å². The predicted molar refractivity (Wildman–Crippen MR) is 102 cm³/mol. The Hall–Kier alpha value is -3.75. The van der Waals surface area contributed by atoms with Crippen LogP contribution in [-0.2, 0) is 6.42 Å². The second kappa shape index (κ2) is 7.65. The van der Waals surface area contributed by atoms with E-state index in [1.807, 2.05) is 36.4 Å². The Morgan fingerprint density at radius 3 is 2.85 bits per heavy atom. The topological polar surface area (TPSA) is 114 Å². The van der Waals surface area contributed by atoms with Crippen molar-refractivity contribution in [3.63, 3.8) is 0 Å². The standard InChI is InChI=1S/C18H18N8O/c1-27-18-24-16(20-9-7-13-4-2-3-8-19-13)23-17(25-18)22-14-5-6-15-12(10-14)11-21-26-15/h2-6,8,10-11H,7,9H2,1H3,(H,21,26)(H2,20,22,23,24,25). The van der Waals surface area contributed by atoms with Crippen LogP contribution in [-0.4, -0.2) is 43.8 Å². The van der Waals surface area contributed by atoms with Crippen molar-refractivity contribution in [2.75, 3.05) is 24.3 Å². The Balaban J connectivity index is 1.48. The van der Waals surface area contributed by atoms with Gasteiger partial charge in [-0.2, -0.15) is 20.1 Å². The molecule has 0 bridgehead atoms. The highest BCUT2D eigenvalue weighted by atomic mass is 16.5. The summed E-state index contributed by atoms with van der Waals surface area (Å²) in [5, 5.41) is 14.3. The van der Waals surface area contributed by atoms with E-state index >= 15 is 0 Å². The lowest BCUT2D eigenvalue weighted by molar-refractivity contribution is 0.379. The largest absolute Gasteiger partial charge is 0.467 e. The number of methoxy groups -OCH3 is 1. The number of rotatable bonds is 7. The lowest BCUT2D eigenvalue weighted by atomic mass is 10.2. The van der Waals surface area contributed by atoms with E-state index in [0.717, 1.165) is 28.7 Å². The van der Waals surface area contributed by atoms with Gasteiger partial charge in [0.2, 0.25) is 11.9 Å². The molecule has 4 rings (SSSR count). The maximum Gasteiger partial charge on any atom is 0.322 e. The molecule has 0 aliphatic heterocycles. The predicted octanol–water partition coefficient (Wildman–Crippen LogP) is 2.55. The average Bonchev–Trinajstić information content (AvgIpc) is 3.16. The van der Waals surface area contributed by atoms with Crippen LogP contribution in [0.15, 0.2) is 48.8 Å². The normalized spacial score (nSPS) is 10.7. The van der Waals surface area contributed by atoms with Crippen molar-refractivity contribution >= 4 is 28.5 Å². The number of hydrogen-bond donors (Lipinski definition) is 3. The number of anilines is 3. The highest BCUT2D eigenvalue weighted by molar-refractivity contribution is 5.82.